The number of sulfonamides is 1. The maximum Gasteiger partial charge on any atom is 0.240 e. The average Bonchev–Trinajstić information content (AvgIpc) is 2.40. The lowest BCUT2D eigenvalue weighted by molar-refractivity contribution is 0.517. The Morgan fingerprint density at radius 1 is 1.14 bits per heavy atom. The first-order valence-electron chi connectivity index (χ1n) is 7.59. The number of nitrogens with one attached hydrogen (secondary N) is 1. The molecule has 1 aromatic rings. The lowest BCUT2D eigenvalue weighted by atomic mass is 10.0. The zero-order valence-electron chi connectivity index (χ0n) is 13.2. The number of rotatable bonds is 9. The van der Waals surface area contributed by atoms with Crippen molar-refractivity contribution in [1.29, 1.82) is 0 Å². The van der Waals surface area contributed by atoms with E-state index in [-0.39, 0.29) is 0 Å². The van der Waals surface area contributed by atoms with E-state index < -0.39 is 10.0 Å². The summed E-state index contributed by atoms with van der Waals surface area (Å²) in [5.41, 5.74) is 0.923. The summed E-state index contributed by atoms with van der Waals surface area (Å²) in [6, 6.07) is 5.09. The van der Waals surface area contributed by atoms with Gasteiger partial charge in [0.1, 0.15) is 0 Å². The lowest BCUT2D eigenvalue weighted by Gasteiger charge is -2.08. The van der Waals surface area contributed by atoms with Crippen molar-refractivity contribution < 1.29 is 8.42 Å². The minimum atomic E-state index is -3.38. The van der Waals surface area contributed by atoms with E-state index in [9.17, 15) is 8.42 Å². The van der Waals surface area contributed by atoms with Crippen molar-refractivity contribution in [2.45, 2.75) is 57.8 Å². The van der Waals surface area contributed by atoms with Gasteiger partial charge in [-0.1, -0.05) is 55.5 Å². The SMILES string of the molecule is Cc1cc(S(=O)(=O)NCCCCCCC(C)C)ccc1Br. The van der Waals surface area contributed by atoms with Crippen molar-refractivity contribution in [3.05, 3.63) is 28.2 Å². The quantitative estimate of drug-likeness (QED) is 0.638. The van der Waals surface area contributed by atoms with E-state index in [4.69, 9.17) is 0 Å². The van der Waals surface area contributed by atoms with Gasteiger partial charge in [0, 0.05) is 11.0 Å². The topological polar surface area (TPSA) is 46.2 Å². The van der Waals surface area contributed by atoms with Gasteiger partial charge in [0.25, 0.3) is 0 Å². The minimum Gasteiger partial charge on any atom is -0.211 e. The van der Waals surface area contributed by atoms with Crippen LogP contribution in [0, 0.1) is 12.8 Å². The first kappa shape index (κ1) is 18.7. The van der Waals surface area contributed by atoms with Gasteiger partial charge >= 0.3 is 0 Å². The third-order valence-electron chi connectivity index (χ3n) is 3.44. The monoisotopic (exact) mass is 375 g/mol. The molecular weight excluding hydrogens is 350 g/mol. The highest BCUT2D eigenvalue weighted by Gasteiger charge is 2.13. The molecule has 1 N–H and O–H groups in total. The van der Waals surface area contributed by atoms with Gasteiger partial charge in [-0.05, 0) is 43.0 Å². The van der Waals surface area contributed by atoms with Crippen LogP contribution in [0.3, 0.4) is 0 Å². The normalized spacial score (nSPS) is 12.0. The maximum atomic E-state index is 12.1. The molecule has 0 heterocycles. The Bertz CT molecular complexity index is 541. The van der Waals surface area contributed by atoms with Crippen molar-refractivity contribution in [3.63, 3.8) is 0 Å². The molecule has 0 bridgehead atoms. The Kier molecular flexibility index (Phi) is 7.92. The molecule has 0 amide bonds. The molecule has 0 aliphatic carbocycles. The summed E-state index contributed by atoms with van der Waals surface area (Å²) in [4.78, 5) is 0.336. The van der Waals surface area contributed by atoms with E-state index in [0.717, 1.165) is 28.8 Å². The Hall–Kier alpha value is -0.390. The van der Waals surface area contributed by atoms with E-state index in [2.05, 4.69) is 34.5 Å². The highest BCUT2D eigenvalue weighted by atomic mass is 79.9. The van der Waals surface area contributed by atoms with E-state index in [0.29, 0.717) is 11.4 Å². The average molecular weight is 376 g/mol. The summed E-state index contributed by atoms with van der Waals surface area (Å²) in [5, 5.41) is 0. The Morgan fingerprint density at radius 3 is 2.43 bits per heavy atom. The fourth-order valence-electron chi connectivity index (χ4n) is 2.11. The molecule has 5 heteroatoms. The van der Waals surface area contributed by atoms with Crippen LogP contribution >= 0.6 is 15.9 Å². The second-order valence-electron chi connectivity index (χ2n) is 5.91. The Morgan fingerprint density at radius 2 is 1.81 bits per heavy atom. The first-order chi connectivity index (χ1) is 9.83. The van der Waals surface area contributed by atoms with Gasteiger partial charge in [-0.2, -0.15) is 0 Å². The van der Waals surface area contributed by atoms with Crippen molar-refractivity contribution in [2.24, 2.45) is 5.92 Å². The molecule has 21 heavy (non-hydrogen) atoms. The highest BCUT2D eigenvalue weighted by Crippen LogP contribution is 2.20. The van der Waals surface area contributed by atoms with Gasteiger partial charge in [0.05, 0.1) is 4.90 Å². The van der Waals surface area contributed by atoms with E-state index in [1.54, 1.807) is 18.2 Å². The molecule has 0 radical (unpaired) electrons. The Labute approximate surface area is 137 Å². The lowest BCUT2D eigenvalue weighted by Crippen LogP contribution is -2.24. The molecule has 0 unspecified atom stereocenters. The Balaban J connectivity index is 2.35. The predicted molar refractivity (Wildman–Crippen MR) is 92.0 cm³/mol. The third-order valence-corrected chi connectivity index (χ3v) is 5.79. The smallest absolute Gasteiger partial charge is 0.211 e. The van der Waals surface area contributed by atoms with Crippen LogP contribution in [0.25, 0.3) is 0 Å². The summed E-state index contributed by atoms with van der Waals surface area (Å²) in [7, 11) is -3.38. The van der Waals surface area contributed by atoms with Gasteiger partial charge in [-0.25, -0.2) is 13.1 Å². The molecule has 0 saturated heterocycles. The van der Waals surface area contributed by atoms with Gasteiger partial charge in [0.15, 0.2) is 0 Å². The van der Waals surface area contributed by atoms with E-state index in [1.165, 1.54) is 19.3 Å². The van der Waals surface area contributed by atoms with E-state index in [1.807, 2.05) is 6.92 Å². The zero-order chi connectivity index (χ0) is 15.9. The first-order valence-corrected chi connectivity index (χ1v) is 9.86. The molecule has 3 nitrogen and oxygen atoms in total. The van der Waals surface area contributed by atoms with Crippen molar-refractivity contribution in [2.75, 3.05) is 6.54 Å². The number of unbranched alkanes of at least 4 members (excludes halogenated alkanes) is 3. The molecule has 120 valence electrons. The molecule has 0 aliphatic rings. The largest absolute Gasteiger partial charge is 0.240 e. The molecule has 1 aromatic carbocycles. The molecule has 1 rings (SSSR count). The number of benzene rings is 1. The van der Waals surface area contributed by atoms with Crippen molar-refractivity contribution >= 4 is 26.0 Å². The fraction of sp³-hybridized carbons (Fsp3) is 0.625. The van der Waals surface area contributed by atoms with Crippen LogP contribution in [-0.2, 0) is 10.0 Å². The molecule has 0 atom stereocenters. The summed E-state index contributed by atoms with van der Waals surface area (Å²) in [6.45, 7) is 6.86. The number of hydrogen-bond donors (Lipinski definition) is 1. The molecule has 0 saturated carbocycles. The van der Waals surface area contributed by atoms with Crippen LogP contribution in [0.5, 0.6) is 0 Å². The highest BCUT2D eigenvalue weighted by molar-refractivity contribution is 9.10. The van der Waals surface area contributed by atoms with Crippen LogP contribution in [0.1, 0.15) is 51.5 Å². The molecule has 0 aliphatic heterocycles. The minimum absolute atomic E-state index is 0.336. The molecular formula is C16H26BrNO2S. The molecule has 0 fully saturated rings. The van der Waals surface area contributed by atoms with Crippen LogP contribution in [-0.4, -0.2) is 15.0 Å². The standard InChI is InChI=1S/C16H26BrNO2S/c1-13(2)8-6-4-5-7-11-18-21(19,20)15-9-10-16(17)14(3)12-15/h9-10,12-13,18H,4-8,11H2,1-3H3. The number of hydrogen-bond acceptors (Lipinski definition) is 2. The summed E-state index contributed by atoms with van der Waals surface area (Å²) < 4.78 is 27.9. The number of aryl methyl sites for hydroxylation is 1. The molecule has 0 aromatic heterocycles. The zero-order valence-corrected chi connectivity index (χ0v) is 15.6. The number of halogens is 1. The fourth-order valence-corrected chi connectivity index (χ4v) is 3.51. The van der Waals surface area contributed by atoms with Gasteiger partial charge in [-0.15, -0.1) is 0 Å². The van der Waals surface area contributed by atoms with Gasteiger partial charge < -0.3 is 0 Å². The second kappa shape index (κ2) is 8.91. The maximum absolute atomic E-state index is 12.1. The third kappa shape index (κ3) is 6.94. The van der Waals surface area contributed by atoms with E-state index >= 15 is 0 Å². The van der Waals surface area contributed by atoms with Crippen LogP contribution in [0.4, 0.5) is 0 Å². The summed E-state index contributed by atoms with van der Waals surface area (Å²) >= 11 is 3.38. The van der Waals surface area contributed by atoms with Gasteiger partial charge in [-0.3, -0.25) is 0 Å². The summed E-state index contributed by atoms with van der Waals surface area (Å²) in [6.07, 6.45) is 5.64. The second-order valence-corrected chi connectivity index (χ2v) is 8.53. The van der Waals surface area contributed by atoms with Crippen molar-refractivity contribution in [1.82, 2.24) is 4.72 Å². The van der Waals surface area contributed by atoms with Gasteiger partial charge in [0.2, 0.25) is 10.0 Å². The van der Waals surface area contributed by atoms with Crippen LogP contribution < -0.4 is 4.72 Å². The van der Waals surface area contributed by atoms with Crippen LogP contribution in [0.2, 0.25) is 0 Å². The predicted octanol–water partition coefficient (Wildman–Crippen LogP) is 4.64. The van der Waals surface area contributed by atoms with Crippen LogP contribution in [0.15, 0.2) is 27.6 Å². The molecule has 0 spiro atoms. The summed E-state index contributed by atoms with van der Waals surface area (Å²) in [5.74, 6) is 0.754. The van der Waals surface area contributed by atoms with Crippen molar-refractivity contribution in [3.8, 4) is 0 Å².